The highest BCUT2D eigenvalue weighted by molar-refractivity contribution is 7.25. The highest BCUT2D eigenvalue weighted by Crippen LogP contribution is 2.41. The first-order valence-corrected chi connectivity index (χ1v) is 12.6. The molecular weight excluding hydrogens is 446 g/mol. The Morgan fingerprint density at radius 3 is 2.26 bits per heavy atom. The number of benzene rings is 5. The summed E-state index contributed by atoms with van der Waals surface area (Å²) in [7, 11) is 0. The number of fused-ring (bicyclic) bond motifs is 8. The molecule has 3 heterocycles. The van der Waals surface area contributed by atoms with E-state index in [9.17, 15) is 0 Å². The van der Waals surface area contributed by atoms with Gasteiger partial charge in [-0.15, -0.1) is 11.3 Å². The average molecular weight is 466 g/mol. The van der Waals surface area contributed by atoms with E-state index < -0.39 is 0 Å². The van der Waals surface area contributed by atoms with Gasteiger partial charge in [0.1, 0.15) is 11.3 Å². The summed E-state index contributed by atoms with van der Waals surface area (Å²) in [6.45, 7) is 0. The van der Waals surface area contributed by atoms with Gasteiger partial charge in [0.15, 0.2) is 0 Å². The van der Waals surface area contributed by atoms with Crippen molar-refractivity contribution in [2.45, 2.75) is 0 Å². The lowest BCUT2D eigenvalue weighted by Gasteiger charge is -2.08. The van der Waals surface area contributed by atoms with E-state index in [1.165, 1.54) is 36.8 Å². The first kappa shape index (κ1) is 19.0. The number of hydrogen-bond donors (Lipinski definition) is 0. The van der Waals surface area contributed by atoms with E-state index in [-0.39, 0.29) is 0 Å². The number of nitrogens with zero attached hydrogens (tertiary/aromatic N) is 1. The fourth-order valence-electron chi connectivity index (χ4n) is 5.43. The number of hydrogen-bond acceptors (Lipinski definition) is 2. The van der Waals surface area contributed by atoms with Crippen molar-refractivity contribution < 1.29 is 4.42 Å². The largest absolute Gasteiger partial charge is 0.455 e. The topological polar surface area (TPSA) is 18.1 Å². The monoisotopic (exact) mass is 465 g/mol. The molecule has 0 atom stereocenters. The second kappa shape index (κ2) is 7.08. The van der Waals surface area contributed by atoms with Crippen molar-refractivity contribution in [1.29, 1.82) is 0 Å². The Morgan fingerprint density at radius 1 is 0.571 bits per heavy atom. The standard InChI is InChI=1S/C32H19NOS/c1-2-8-20(9-3-1)28-18-21-14-16-27-31(32(21)34-28)24-11-4-6-12-26(24)33(27)22-15-17-30-25(19-22)23-10-5-7-13-29(23)35-30/h1-19H. The Labute approximate surface area is 205 Å². The van der Waals surface area contributed by atoms with Crippen molar-refractivity contribution in [2.75, 3.05) is 0 Å². The Bertz CT molecular complexity index is 2060. The minimum absolute atomic E-state index is 0.899. The third-order valence-corrected chi connectivity index (χ3v) is 8.15. The smallest absolute Gasteiger partial charge is 0.144 e. The molecule has 8 rings (SSSR count). The molecule has 0 N–H and O–H groups in total. The molecule has 8 aromatic rings. The van der Waals surface area contributed by atoms with Crippen molar-refractivity contribution in [1.82, 2.24) is 4.57 Å². The van der Waals surface area contributed by atoms with E-state index in [0.29, 0.717) is 0 Å². The fraction of sp³-hybridized carbons (Fsp3) is 0. The second-order valence-electron chi connectivity index (χ2n) is 8.99. The van der Waals surface area contributed by atoms with E-state index in [2.05, 4.69) is 102 Å². The third-order valence-electron chi connectivity index (χ3n) is 7.00. The van der Waals surface area contributed by atoms with Crippen molar-refractivity contribution >= 4 is 64.3 Å². The number of furan rings is 1. The lowest BCUT2D eigenvalue weighted by atomic mass is 10.1. The molecule has 0 bridgehead atoms. The molecule has 2 nitrogen and oxygen atoms in total. The van der Waals surface area contributed by atoms with Crippen LogP contribution >= 0.6 is 11.3 Å². The van der Waals surface area contributed by atoms with Crippen LogP contribution in [0.15, 0.2) is 120 Å². The lowest BCUT2D eigenvalue weighted by Crippen LogP contribution is -1.93. The van der Waals surface area contributed by atoms with Gasteiger partial charge in [0.25, 0.3) is 0 Å². The van der Waals surface area contributed by atoms with Gasteiger partial charge in [-0.1, -0.05) is 66.7 Å². The molecule has 0 radical (unpaired) electrons. The van der Waals surface area contributed by atoms with E-state index in [0.717, 1.165) is 33.2 Å². The van der Waals surface area contributed by atoms with Crippen molar-refractivity contribution in [3.8, 4) is 17.0 Å². The Hall–Kier alpha value is -4.34. The van der Waals surface area contributed by atoms with Crippen LogP contribution < -0.4 is 0 Å². The summed E-state index contributed by atoms with van der Waals surface area (Å²) >= 11 is 1.85. The summed E-state index contributed by atoms with van der Waals surface area (Å²) in [5.74, 6) is 0.899. The zero-order chi connectivity index (χ0) is 22.9. The highest BCUT2D eigenvalue weighted by Gasteiger charge is 2.18. The van der Waals surface area contributed by atoms with Gasteiger partial charge in [0.05, 0.1) is 16.4 Å². The molecule has 0 unspecified atom stereocenters. The molecule has 0 amide bonds. The van der Waals surface area contributed by atoms with Gasteiger partial charge in [0.2, 0.25) is 0 Å². The lowest BCUT2D eigenvalue weighted by molar-refractivity contribution is 0.635. The van der Waals surface area contributed by atoms with Gasteiger partial charge in [-0.05, 0) is 48.5 Å². The molecule has 0 aliphatic rings. The molecular formula is C32H19NOS. The van der Waals surface area contributed by atoms with Gasteiger partial charge < -0.3 is 8.98 Å². The number of aromatic nitrogens is 1. The maximum absolute atomic E-state index is 6.53. The Balaban J connectivity index is 1.46. The SMILES string of the molecule is c1ccc(-c2cc3ccc4c(c5ccccc5n4-c4ccc5sc6ccccc6c5c4)c3o2)cc1. The highest BCUT2D eigenvalue weighted by atomic mass is 32.1. The normalized spacial score (nSPS) is 12.0. The van der Waals surface area contributed by atoms with Crippen molar-refractivity contribution in [3.05, 3.63) is 115 Å². The molecule has 164 valence electrons. The molecule has 0 fully saturated rings. The minimum atomic E-state index is 0.899. The predicted molar refractivity (Wildman–Crippen MR) is 149 cm³/mol. The first-order valence-electron chi connectivity index (χ1n) is 11.8. The van der Waals surface area contributed by atoms with Crippen molar-refractivity contribution in [2.24, 2.45) is 0 Å². The van der Waals surface area contributed by atoms with E-state index in [1.54, 1.807) is 0 Å². The summed E-state index contributed by atoms with van der Waals surface area (Å²) in [6, 6.07) is 41.0. The van der Waals surface area contributed by atoms with Crippen LogP contribution in [0, 0.1) is 0 Å². The molecule has 3 aromatic heterocycles. The van der Waals surface area contributed by atoms with E-state index in [1.807, 2.05) is 29.5 Å². The van der Waals surface area contributed by atoms with Gasteiger partial charge in [-0.25, -0.2) is 0 Å². The molecule has 0 aliphatic heterocycles. The van der Waals surface area contributed by atoms with Crippen LogP contribution in [0.4, 0.5) is 0 Å². The maximum Gasteiger partial charge on any atom is 0.144 e. The van der Waals surface area contributed by atoms with E-state index in [4.69, 9.17) is 4.42 Å². The maximum atomic E-state index is 6.53. The number of rotatable bonds is 2. The van der Waals surface area contributed by atoms with Crippen LogP contribution in [-0.2, 0) is 0 Å². The van der Waals surface area contributed by atoms with Gasteiger partial charge in [0, 0.05) is 42.2 Å². The van der Waals surface area contributed by atoms with Gasteiger partial charge >= 0.3 is 0 Å². The average Bonchev–Trinajstić information content (AvgIpc) is 3.60. The molecule has 0 spiro atoms. The van der Waals surface area contributed by atoms with Crippen LogP contribution in [0.3, 0.4) is 0 Å². The molecule has 5 aromatic carbocycles. The molecule has 0 saturated heterocycles. The van der Waals surface area contributed by atoms with Gasteiger partial charge in [-0.3, -0.25) is 0 Å². The molecule has 0 saturated carbocycles. The predicted octanol–water partition coefficient (Wildman–Crippen LogP) is 9.56. The summed E-state index contributed by atoms with van der Waals surface area (Å²) < 4.78 is 11.5. The zero-order valence-corrected chi connectivity index (χ0v) is 19.5. The Kier molecular flexibility index (Phi) is 3.85. The Morgan fingerprint density at radius 2 is 1.34 bits per heavy atom. The van der Waals surface area contributed by atoms with Crippen LogP contribution in [0.5, 0.6) is 0 Å². The summed E-state index contributed by atoms with van der Waals surface area (Å²) in [5.41, 5.74) is 5.55. The van der Waals surface area contributed by atoms with Gasteiger partial charge in [-0.2, -0.15) is 0 Å². The van der Waals surface area contributed by atoms with Crippen LogP contribution in [0.1, 0.15) is 0 Å². The molecule has 35 heavy (non-hydrogen) atoms. The fourth-order valence-corrected chi connectivity index (χ4v) is 6.51. The minimum Gasteiger partial charge on any atom is -0.455 e. The van der Waals surface area contributed by atoms with E-state index >= 15 is 0 Å². The third kappa shape index (κ3) is 2.70. The first-order chi connectivity index (χ1) is 17.3. The number of thiophene rings is 1. The van der Waals surface area contributed by atoms with Crippen LogP contribution in [-0.4, -0.2) is 4.57 Å². The molecule has 3 heteroatoms. The van der Waals surface area contributed by atoms with Crippen molar-refractivity contribution in [3.63, 3.8) is 0 Å². The summed E-state index contributed by atoms with van der Waals surface area (Å²) in [5, 5.41) is 6.11. The van der Waals surface area contributed by atoms with Crippen LogP contribution in [0.25, 0.3) is 70.0 Å². The summed E-state index contributed by atoms with van der Waals surface area (Å²) in [6.07, 6.45) is 0. The number of para-hydroxylation sites is 1. The van der Waals surface area contributed by atoms with Crippen LogP contribution in [0.2, 0.25) is 0 Å². The zero-order valence-electron chi connectivity index (χ0n) is 18.7. The quantitative estimate of drug-likeness (QED) is 0.248. The molecule has 0 aliphatic carbocycles. The second-order valence-corrected chi connectivity index (χ2v) is 10.1. The summed E-state index contributed by atoms with van der Waals surface area (Å²) in [4.78, 5) is 0.